The normalized spacial score (nSPS) is 10.1. The fraction of sp³-hybridized carbons (Fsp3) is 0.250. The Kier molecular flexibility index (Phi) is 6.41. The van der Waals surface area contributed by atoms with Gasteiger partial charge in [0.05, 0.1) is 39.8 Å². The lowest BCUT2D eigenvalue weighted by Crippen LogP contribution is -2.19. The van der Waals surface area contributed by atoms with Crippen LogP contribution in [0.25, 0.3) is 11.4 Å². The molecular formula is C16H16N6O8. The summed E-state index contributed by atoms with van der Waals surface area (Å²) in [4.78, 5) is 48.1. The highest BCUT2D eigenvalue weighted by atomic mass is 16.5. The van der Waals surface area contributed by atoms with Gasteiger partial charge in [-0.1, -0.05) is 23.6 Å². The number of hydrogen-bond acceptors (Lipinski definition) is 12. The molecule has 0 saturated heterocycles. The summed E-state index contributed by atoms with van der Waals surface area (Å²) in [6, 6.07) is 0. The first kappa shape index (κ1) is 21.9. The summed E-state index contributed by atoms with van der Waals surface area (Å²) < 4.78 is 20.1. The van der Waals surface area contributed by atoms with Crippen LogP contribution in [0.15, 0.2) is 13.2 Å². The zero-order valence-electron chi connectivity index (χ0n) is 16.4. The molecule has 0 radical (unpaired) electrons. The van der Waals surface area contributed by atoms with E-state index in [1.54, 1.807) is 0 Å². The molecule has 0 bridgehead atoms. The van der Waals surface area contributed by atoms with Gasteiger partial charge in [0.2, 0.25) is 11.4 Å². The van der Waals surface area contributed by atoms with E-state index in [0.29, 0.717) is 0 Å². The quantitative estimate of drug-likeness (QED) is 0.325. The molecule has 14 nitrogen and oxygen atoms in total. The summed E-state index contributed by atoms with van der Waals surface area (Å²) in [5, 5.41) is 14.6. The van der Waals surface area contributed by atoms with Crippen molar-refractivity contribution >= 4 is 35.3 Å². The number of esters is 4. The van der Waals surface area contributed by atoms with Crippen molar-refractivity contribution in [2.75, 3.05) is 28.4 Å². The van der Waals surface area contributed by atoms with Gasteiger partial charge in [-0.2, -0.15) is 0 Å². The Bertz CT molecular complexity index is 982. The van der Waals surface area contributed by atoms with Gasteiger partial charge in [-0.3, -0.25) is 0 Å². The molecule has 0 aliphatic rings. The molecule has 2 aromatic heterocycles. The highest BCUT2D eigenvalue weighted by Gasteiger charge is 2.32. The smallest absolute Gasteiger partial charge is 0.361 e. The van der Waals surface area contributed by atoms with Crippen LogP contribution in [0.3, 0.4) is 0 Å². The van der Waals surface area contributed by atoms with Crippen LogP contribution in [-0.2, 0) is 18.9 Å². The summed E-state index contributed by atoms with van der Waals surface area (Å²) in [6.45, 7) is 7.44. The maximum Gasteiger partial charge on any atom is 0.361 e. The van der Waals surface area contributed by atoms with E-state index in [9.17, 15) is 19.2 Å². The van der Waals surface area contributed by atoms with Crippen molar-refractivity contribution in [1.29, 1.82) is 0 Å². The largest absolute Gasteiger partial charge is 0.464 e. The molecule has 2 aromatic rings. The zero-order valence-corrected chi connectivity index (χ0v) is 16.4. The van der Waals surface area contributed by atoms with E-state index < -0.39 is 46.7 Å². The zero-order chi connectivity index (χ0) is 22.6. The van der Waals surface area contributed by atoms with Crippen LogP contribution in [0, 0.1) is 0 Å². The average molecular weight is 420 g/mol. The Labute approximate surface area is 168 Å². The molecular weight excluding hydrogens is 404 g/mol. The lowest BCUT2D eigenvalue weighted by Gasteiger charge is -2.12. The number of methoxy groups -OCH3 is 4. The minimum Gasteiger partial charge on any atom is -0.464 e. The third-order valence-corrected chi connectivity index (χ3v) is 3.70. The van der Waals surface area contributed by atoms with Crippen molar-refractivity contribution in [3.05, 3.63) is 35.9 Å². The maximum absolute atomic E-state index is 12.2. The topological polar surface area (TPSA) is 167 Å². The van der Waals surface area contributed by atoms with Gasteiger partial charge in [0.15, 0.2) is 11.4 Å². The minimum atomic E-state index is -0.976. The van der Waals surface area contributed by atoms with Crippen LogP contribution in [0.4, 0.5) is 0 Å². The van der Waals surface area contributed by atoms with Gasteiger partial charge in [-0.25, -0.2) is 28.5 Å². The van der Waals surface area contributed by atoms with Gasteiger partial charge in [0.1, 0.15) is 0 Å². The first-order valence-electron chi connectivity index (χ1n) is 7.86. The average Bonchev–Trinajstić information content (AvgIpc) is 3.40. The molecule has 2 heterocycles. The van der Waals surface area contributed by atoms with Crippen molar-refractivity contribution in [3.8, 4) is 0 Å². The first-order valence-corrected chi connectivity index (χ1v) is 7.86. The highest BCUT2D eigenvalue weighted by Crippen LogP contribution is 2.23. The Hall–Kier alpha value is -4.36. The molecule has 0 N–H and O–H groups in total. The molecule has 0 saturated carbocycles. The maximum atomic E-state index is 12.2. The molecule has 14 heteroatoms. The van der Waals surface area contributed by atoms with Crippen molar-refractivity contribution in [3.63, 3.8) is 0 Å². The second kappa shape index (κ2) is 8.76. The fourth-order valence-electron chi connectivity index (χ4n) is 2.21. The van der Waals surface area contributed by atoms with Crippen molar-refractivity contribution in [1.82, 2.24) is 30.0 Å². The Morgan fingerprint density at radius 3 is 1.20 bits per heavy atom. The monoisotopic (exact) mass is 420 g/mol. The number of hydrogen-bond donors (Lipinski definition) is 0. The standard InChI is InChI=1S/C16H16N6O8/c1-7(21-11(15(25)29-5)9(17-19-21)13(23)27-3)8(2)22-12(16(26)30-6)10(18-20-22)14(24)28-4/h1-2H2,3-6H3. The van der Waals surface area contributed by atoms with Crippen LogP contribution in [0.1, 0.15) is 42.0 Å². The van der Waals surface area contributed by atoms with E-state index in [2.05, 4.69) is 52.7 Å². The first-order chi connectivity index (χ1) is 14.2. The van der Waals surface area contributed by atoms with E-state index in [4.69, 9.17) is 0 Å². The number of aromatic nitrogens is 6. The SMILES string of the molecule is C=C(C(=C)n1nnc(C(=O)OC)c1C(=O)OC)n1nnc(C(=O)OC)c1C(=O)OC. The number of nitrogens with zero attached hydrogens (tertiary/aromatic N) is 6. The predicted molar refractivity (Wildman–Crippen MR) is 96.1 cm³/mol. The summed E-state index contributed by atoms with van der Waals surface area (Å²) in [5.41, 5.74) is -2.04. The molecule has 0 amide bonds. The van der Waals surface area contributed by atoms with Crippen LogP contribution < -0.4 is 0 Å². The number of ether oxygens (including phenoxy) is 4. The number of allylic oxidation sites excluding steroid dienone is 2. The fourth-order valence-corrected chi connectivity index (χ4v) is 2.21. The number of rotatable bonds is 7. The van der Waals surface area contributed by atoms with Gasteiger partial charge >= 0.3 is 23.9 Å². The Balaban J connectivity index is 2.60. The molecule has 0 aromatic carbocycles. The van der Waals surface area contributed by atoms with Crippen LogP contribution in [-0.4, -0.2) is 82.3 Å². The minimum absolute atomic E-state index is 0.162. The van der Waals surface area contributed by atoms with Crippen LogP contribution >= 0.6 is 0 Å². The second-order valence-electron chi connectivity index (χ2n) is 5.26. The summed E-state index contributed by atoms with van der Waals surface area (Å²) in [6.07, 6.45) is 0. The van der Waals surface area contributed by atoms with E-state index in [1.807, 2.05) is 0 Å². The van der Waals surface area contributed by atoms with E-state index >= 15 is 0 Å². The lowest BCUT2D eigenvalue weighted by atomic mass is 10.2. The Morgan fingerprint density at radius 1 is 0.633 bits per heavy atom. The van der Waals surface area contributed by atoms with Gasteiger partial charge in [0.25, 0.3) is 0 Å². The second-order valence-corrected chi connectivity index (χ2v) is 5.26. The van der Waals surface area contributed by atoms with Crippen molar-refractivity contribution in [2.24, 2.45) is 0 Å². The van der Waals surface area contributed by atoms with Crippen LogP contribution in [0.2, 0.25) is 0 Å². The predicted octanol–water partition coefficient (Wildman–Crippen LogP) is -0.342. The van der Waals surface area contributed by atoms with E-state index in [-0.39, 0.29) is 11.4 Å². The molecule has 0 spiro atoms. The molecule has 30 heavy (non-hydrogen) atoms. The van der Waals surface area contributed by atoms with Gasteiger partial charge in [0, 0.05) is 0 Å². The Morgan fingerprint density at radius 2 is 0.933 bits per heavy atom. The van der Waals surface area contributed by atoms with Gasteiger partial charge in [-0.15, -0.1) is 10.2 Å². The summed E-state index contributed by atoms with van der Waals surface area (Å²) in [5.74, 6) is -3.86. The molecule has 0 aliphatic heterocycles. The van der Waals surface area contributed by atoms with Gasteiger partial charge < -0.3 is 18.9 Å². The molecule has 2 rings (SSSR count). The molecule has 0 fully saturated rings. The summed E-state index contributed by atoms with van der Waals surface area (Å²) >= 11 is 0. The summed E-state index contributed by atoms with van der Waals surface area (Å²) in [7, 11) is 4.33. The third kappa shape index (κ3) is 3.65. The molecule has 0 aliphatic carbocycles. The molecule has 0 atom stereocenters. The van der Waals surface area contributed by atoms with Crippen molar-refractivity contribution < 1.29 is 38.1 Å². The van der Waals surface area contributed by atoms with Crippen molar-refractivity contribution in [2.45, 2.75) is 0 Å². The molecule has 0 unspecified atom stereocenters. The van der Waals surface area contributed by atoms with E-state index in [1.165, 1.54) is 0 Å². The lowest BCUT2D eigenvalue weighted by molar-refractivity contribution is 0.0545. The van der Waals surface area contributed by atoms with Gasteiger partial charge in [-0.05, 0) is 0 Å². The number of carbonyl (C=O) groups is 4. The van der Waals surface area contributed by atoms with Crippen LogP contribution in [0.5, 0.6) is 0 Å². The highest BCUT2D eigenvalue weighted by molar-refractivity contribution is 6.04. The number of carbonyl (C=O) groups excluding carboxylic acids is 4. The molecule has 158 valence electrons. The van der Waals surface area contributed by atoms with E-state index in [0.717, 1.165) is 37.8 Å². The third-order valence-electron chi connectivity index (χ3n) is 3.70.